The molecule has 0 aliphatic heterocycles. The molecule has 1 aromatic heterocycles. The van der Waals surface area contributed by atoms with Crippen molar-refractivity contribution in [1.82, 2.24) is 0 Å². The highest BCUT2D eigenvalue weighted by molar-refractivity contribution is 9.10. The standard InChI is InChI=1S/C12H11BrO2S/c1-3-15-12(14)11-7(2)9-6-8(13)4-5-10(9)16-11/h4-6H,3H2,1-2H3. The highest BCUT2D eigenvalue weighted by Gasteiger charge is 2.16. The zero-order valence-corrected chi connectivity index (χ0v) is 11.4. The Labute approximate surface area is 106 Å². The van der Waals surface area contributed by atoms with E-state index in [1.54, 1.807) is 0 Å². The topological polar surface area (TPSA) is 26.3 Å². The van der Waals surface area contributed by atoms with Crippen LogP contribution in [0.3, 0.4) is 0 Å². The first-order chi connectivity index (χ1) is 7.63. The second kappa shape index (κ2) is 4.55. The predicted molar refractivity (Wildman–Crippen MR) is 70.2 cm³/mol. The van der Waals surface area contributed by atoms with Gasteiger partial charge in [-0.15, -0.1) is 11.3 Å². The van der Waals surface area contributed by atoms with Gasteiger partial charge in [-0.05, 0) is 43.0 Å². The van der Waals surface area contributed by atoms with E-state index in [9.17, 15) is 4.79 Å². The van der Waals surface area contributed by atoms with Crippen LogP contribution in [0.1, 0.15) is 22.2 Å². The lowest BCUT2D eigenvalue weighted by Gasteiger charge is -1.99. The van der Waals surface area contributed by atoms with Gasteiger partial charge in [-0.25, -0.2) is 4.79 Å². The smallest absolute Gasteiger partial charge is 0.348 e. The lowest BCUT2D eigenvalue weighted by molar-refractivity contribution is 0.0531. The number of carbonyl (C=O) groups is 1. The highest BCUT2D eigenvalue weighted by atomic mass is 79.9. The van der Waals surface area contributed by atoms with Gasteiger partial charge in [0, 0.05) is 9.17 Å². The van der Waals surface area contributed by atoms with Gasteiger partial charge in [0.05, 0.1) is 6.61 Å². The summed E-state index contributed by atoms with van der Waals surface area (Å²) in [5, 5.41) is 1.11. The Morgan fingerprint density at radius 2 is 2.25 bits per heavy atom. The second-order valence-electron chi connectivity index (χ2n) is 3.42. The van der Waals surface area contributed by atoms with Crippen LogP contribution in [0.2, 0.25) is 0 Å². The van der Waals surface area contributed by atoms with Gasteiger partial charge in [0.2, 0.25) is 0 Å². The number of fused-ring (bicyclic) bond motifs is 1. The van der Waals surface area contributed by atoms with Gasteiger partial charge in [0.15, 0.2) is 0 Å². The lowest BCUT2D eigenvalue weighted by Crippen LogP contribution is -2.03. The molecule has 0 bridgehead atoms. The number of carbonyl (C=O) groups excluding carboxylic acids is 1. The average Bonchev–Trinajstić information content (AvgIpc) is 2.57. The number of hydrogen-bond donors (Lipinski definition) is 0. The Bertz CT molecular complexity index is 545. The molecule has 4 heteroatoms. The molecular weight excluding hydrogens is 288 g/mol. The molecule has 2 nitrogen and oxygen atoms in total. The van der Waals surface area contributed by atoms with Crippen LogP contribution in [0, 0.1) is 6.92 Å². The minimum Gasteiger partial charge on any atom is -0.462 e. The number of hydrogen-bond acceptors (Lipinski definition) is 3. The first-order valence-electron chi connectivity index (χ1n) is 4.99. The van der Waals surface area contributed by atoms with Crippen LogP contribution < -0.4 is 0 Å². The van der Waals surface area contributed by atoms with Crippen LogP contribution in [0.15, 0.2) is 22.7 Å². The molecule has 84 valence electrons. The maximum Gasteiger partial charge on any atom is 0.348 e. The van der Waals surface area contributed by atoms with Crippen LogP contribution in [-0.2, 0) is 4.74 Å². The Hall–Kier alpha value is -0.870. The molecule has 0 aliphatic carbocycles. The molecule has 0 atom stereocenters. The van der Waals surface area contributed by atoms with Crippen molar-refractivity contribution in [2.24, 2.45) is 0 Å². The van der Waals surface area contributed by atoms with Gasteiger partial charge in [-0.2, -0.15) is 0 Å². The van der Waals surface area contributed by atoms with Crippen LogP contribution in [0.5, 0.6) is 0 Å². The van der Waals surface area contributed by atoms with Gasteiger partial charge >= 0.3 is 5.97 Å². The number of thiophene rings is 1. The van der Waals surface area contributed by atoms with E-state index in [0.717, 1.165) is 20.1 Å². The molecule has 1 aromatic carbocycles. The van der Waals surface area contributed by atoms with E-state index in [1.165, 1.54) is 11.3 Å². The SMILES string of the molecule is CCOC(=O)c1sc2ccc(Br)cc2c1C. The number of rotatable bonds is 2. The second-order valence-corrected chi connectivity index (χ2v) is 5.39. The van der Waals surface area contributed by atoms with Crippen molar-refractivity contribution in [3.05, 3.63) is 33.1 Å². The number of aryl methyl sites for hydroxylation is 1. The minimum absolute atomic E-state index is 0.225. The number of ether oxygens (including phenoxy) is 1. The molecule has 0 spiro atoms. The number of halogens is 1. The zero-order valence-electron chi connectivity index (χ0n) is 9.04. The van der Waals surface area contributed by atoms with Gasteiger partial charge in [-0.3, -0.25) is 0 Å². The first-order valence-corrected chi connectivity index (χ1v) is 6.60. The molecular formula is C12H11BrO2S. The molecule has 0 N–H and O–H groups in total. The van der Waals surface area contributed by atoms with E-state index >= 15 is 0 Å². The van der Waals surface area contributed by atoms with Crippen LogP contribution in [-0.4, -0.2) is 12.6 Å². The fourth-order valence-electron chi connectivity index (χ4n) is 1.58. The van der Waals surface area contributed by atoms with E-state index in [4.69, 9.17) is 4.74 Å². The van der Waals surface area contributed by atoms with Crippen LogP contribution >= 0.6 is 27.3 Å². The summed E-state index contributed by atoms with van der Waals surface area (Å²) in [6.07, 6.45) is 0. The average molecular weight is 299 g/mol. The van der Waals surface area contributed by atoms with Crippen molar-refractivity contribution in [2.75, 3.05) is 6.61 Å². The minimum atomic E-state index is -0.225. The molecule has 0 saturated carbocycles. The Morgan fingerprint density at radius 1 is 1.50 bits per heavy atom. The van der Waals surface area contributed by atoms with Gasteiger partial charge in [0.1, 0.15) is 4.88 Å². The summed E-state index contributed by atoms with van der Waals surface area (Å²) in [6, 6.07) is 6.02. The summed E-state index contributed by atoms with van der Waals surface area (Å²) in [5.74, 6) is -0.225. The predicted octanol–water partition coefficient (Wildman–Crippen LogP) is 4.15. The van der Waals surface area contributed by atoms with E-state index in [1.807, 2.05) is 32.0 Å². The maximum atomic E-state index is 11.7. The van der Waals surface area contributed by atoms with Gasteiger partial charge in [0.25, 0.3) is 0 Å². The van der Waals surface area contributed by atoms with Crippen molar-refractivity contribution >= 4 is 43.3 Å². The summed E-state index contributed by atoms with van der Waals surface area (Å²) in [6.45, 7) is 4.19. The molecule has 0 amide bonds. The third-order valence-electron chi connectivity index (χ3n) is 2.36. The van der Waals surface area contributed by atoms with Crippen molar-refractivity contribution in [3.8, 4) is 0 Å². The summed E-state index contributed by atoms with van der Waals surface area (Å²) in [4.78, 5) is 12.4. The first kappa shape index (κ1) is 11.6. The molecule has 16 heavy (non-hydrogen) atoms. The zero-order chi connectivity index (χ0) is 11.7. The lowest BCUT2D eigenvalue weighted by atomic mass is 10.1. The third-order valence-corrected chi connectivity index (χ3v) is 4.11. The molecule has 2 aromatic rings. The number of benzene rings is 1. The third kappa shape index (κ3) is 1.99. The Balaban J connectivity index is 2.56. The fraction of sp³-hybridized carbons (Fsp3) is 0.250. The summed E-state index contributed by atoms with van der Waals surface area (Å²) in [5.41, 5.74) is 1.000. The molecule has 0 radical (unpaired) electrons. The summed E-state index contributed by atoms with van der Waals surface area (Å²) >= 11 is 4.92. The molecule has 1 heterocycles. The molecule has 0 unspecified atom stereocenters. The quantitative estimate of drug-likeness (QED) is 0.779. The van der Waals surface area contributed by atoms with Gasteiger partial charge < -0.3 is 4.74 Å². The monoisotopic (exact) mass is 298 g/mol. The van der Waals surface area contributed by atoms with Crippen molar-refractivity contribution in [1.29, 1.82) is 0 Å². The van der Waals surface area contributed by atoms with E-state index in [-0.39, 0.29) is 5.97 Å². The number of esters is 1. The van der Waals surface area contributed by atoms with Crippen LogP contribution in [0.4, 0.5) is 0 Å². The summed E-state index contributed by atoms with van der Waals surface area (Å²) in [7, 11) is 0. The Morgan fingerprint density at radius 3 is 2.94 bits per heavy atom. The summed E-state index contributed by atoms with van der Waals surface area (Å²) < 4.78 is 7.17. The van der Waals surface area contributed by atoms with Crippen molar-refractivity contribution in [3.63, 3.8) is 0 Å². The molecule has 0 aliphatic rings. The normalized spacial score (nSPS) is 10.7. The molecule has 0 fully saturated rings. The molecule has 2 rings (SSSR count). The largest absolute Gasteiger partial charge is 0.462 e. The fourth-order valence-corrected chi connectivity index (χ4v) is 3.03. The van der Waals surface area contributed by atoms with E-state index < -0.39 is 0 Å². The van der Waals surface area contributed by atoms with E-state index in [2.05, 4.69) is 15.9 Å². The van der Waals surface area contributed by atoms with Crippen molar-refractivity contribution < 1.29 is 9.53 Å². The Kier molecular flexibility index (Phi) is 3.30. The van der Waals surface area contributed by atoms with Crippen LogP contribution in [0.25, 0.3) is 10.1 Å². The molecule has 0 saturated heterocycles. The van der Waals surface area contributed by atoms with E-state index in [0.29, 0.717) is 11.5 Å². The maximum absolute atomic E-state index is 11.7. The highest BCUT2D eigenvalue weighted by Crippen LogP contribution is 2.33. The van der Waals surface area contributed by atoms with Gasteiger partial charge in [-0.1, -0.05) is 15.9 Å². The van der Waals surface area contributed by atoms with Crippen molar-refractivity contribution in [2.45, 2.75) is 13.8 Å².